The van der Waals surface area contributed by atoms with Crippen molar-refractivity contribution < 1.29 is 19.1 Å². The van der Waals surface area contributed by atoms with Crippen molar-refractivity contribution in [1.29, 1.82) is 0 Å². The first-order chi connectivity index (χ1) is 14.4. The molecule has 0 saturated heterocycles. The van der Waals surface area contributed by atoms with E-state index < -0.39 is 6.10 Å². The molecule has 1 aromatic heterocycles. The van der Waals surface area contributed by atoms with Gasteiger partial charge in [0.2, 0.25) is 5.91 Å². The number of benzene rings is 1. The van der Waals surface area contributed by atoms with Crippen molar-refractivity contribution in [1.82, 2.24) is 9.88 Å². The predicted octanol–water partition coefficient (Wildman–Crippen LogP) is 2.88. The number of pyridine rings is 1. The Kier molecular flexibility index (Phi) is 6.82. The molecular weight excluding hydrogens is 382 g/mol. The van der Waals surface area contributed by atoms with Gasteiger partial charge < -0.3 is 9.64 Å². The second-order valence-corrected chi connectivity index (χ2v) is 7.46. The molecule has 0 spiro atoms. The SMILES string of the molecule is CCCC(=O)c1ccc2c(c1)N(CC(=O)N(C)CCc1ccncc1)C(=O)C(C)O2. The second kappa shape index (κ2) is 9.52. The maximum atomic E-state index is 12.8. The molecule has 30 heavy (non-hydrogen) atoms. The molecule has 2 amide bonds. The average molecular weight is 409 g/mol. The number of anilines is 1. The number of carbonyl (C=O) groups is 3. The first-order valence-electron chi connectivity index (χ1n) is 10.2. The number of hydrogen-bond acceptors (Lipinski definition) is 5. The third-order valence-electron chi connectivity index (χ3n) is 5.17. The summed E-state index contributed by atoms with van der Waals surface area (Å²) in [6.07, 6.45) is 4.63. The van der Waals surface area contributed by atoms with Crippen LogP contribution < -0.4 is 9.64 Å². The van der Waals surface area contributed by atoms with Crippen molar-refractivity contribution in [3.05, 3.63) is 53.9 Å². The zero-order chi connectivity index (χ0) is 21.7. The Morgan fingerprint density at radius 3 is 2.63 bits per heavy atom. The van der Waals surface area contributed by atoms with Gasteiger partial charge in [0.05, 0.1) is 5.69 Å². The Hall–Kier alpha value is -3.22. The van der Waals surface area contributed by atoms with Crippen molar-refractivity contribution in [3.8, 4) is 5.75 Å². The summed E-state index contributed by atoms with van der Waals surface area (Å²) in [6, 6.07) is 8.89. The van der Waals surface area contributed by atoms with Crippen LogP contribution in [-0.4, -0.2) is 53.7 Å². The Bertz CT molecular complexity index is 929. The van der Waals surface area contributed by atoms with Crippen LogP contribution in [-0.2, 0) is 16.0 Å². The smallest absolute Gasteiger partial charge is 0.268 e. The normalized spacial score (nSPS) is 15.4. The highest BCUT2D eigenvalue weighted by molar-refractivity contribution is 6.05. The number of rotatable bonds is 8. The van der Waals surface area contributed by atoms with Crippen LogP contribution in [0.2, 0.25) is 0 Å². The van der Waals surface area contributed by atoms with Crippen LogP contribution in [0.4, 0.5) is 5.69 Å². The summed E-state index contributed by atoms with van der Waals surface area (Å²) in [4.78, 5) is 44.9. The molecule has 1 unspecified atom stereocenters. The van der Waals surface area contributed by atoms with Crippen LogP contribution in [0.25, 0.3) is 0 Å². The first kappa shape index (κ1) is 21.5. The number of amides is 2. The Balaban J connectivity index is 1.75. The Morgan fingerprint density at radius 1 is 1.20 bits per heavy atom. The maximum Gasteiger partial charge on any atom is 0.268 e. The molecule has 0 aliphatic carbocycles. The number of hydrogen-bond donors (Lipinski definition) is 0. The van der Waals surface area contributed by atoms with Crippen LogP contribution in [0, 0.1) is 0 Å². The highest BCUT2D eigenvalue weighted by atomic mass is 16.5. The van der Waals surface area contributed by atoms with Gasteiger partial charge in [-0.05, 0) is 55.7 Å². The fraction of sp³-hybridized carbons (Fsp3) is 0.391. The molecule has 0 fully saturated rings. The van der Waals surface area contributed by atoms with Crippen LogP contribution >= 0.6 is 0 Å². The van der Waals surface area contributed by atoms with E-state index in [4.69, 9.17) is 4.74 Å². The van der Waals surface area contributed by atoms with Crippen molar-refractivity contribution in [2.45, 2.75) is 39.2 Å². The van der Waals surface area contributed by atoms with E-state index in [1.165, 1.54) is 4.90 Å². The fourth-order valence-electron chi connectivity index (χ4n) is 3.34. The standard InChI is InChI=1S/C23H27N3O4/c1-4-5-20(27)18-6-7-21-19(14-18)26(23(29)16(2)30-21)15-22(28)25(3)13-10-17-8-11-24-12-9-17/h6-9,11-12,14,16H,4-5,10,13,15H2,1-3H3. The van der Waals surface area contributed by atoms with Gasteiger partial charge in [-0.25, -0.2) is 0 Å². The molecule has 1 aliphatic rings. The molecule has 1 aromatic carbocycles. The first-order valence-corrected chi connectivity index (χ1v) is 10.2. The monoisotopic (exact) mass is 409 g/mol. The van der Waals surface area contributed by atoms with E-state index in [9.17, 15) is 14.4 Å². The zero-order valence-corrected chi connectivity index (χ0v) is 17.6. The van der Waals surface area contributed by atoms with E-state index in [1.807, 2.05) is 19.1 Å². The topological polar surface area (TPSA) is 79.8 Å². The predicted molar refractivity (Wildman–Crippen MR) is 114 cm³/mol. The van der Waals surface area contributed by atoms with Gasteiger partial charge in [-0.2, -0.15) is 0 Å². The number of fused-ring (bicyclic) bond motifs is 1. The molecule has 0 bridgehead atoms. The summed E-state index contributed by atoms with van der Waals surface area (Å²) >= 11 is 0. The number of likely N-dealkylation sites (N-methyl/N-ethyl adjacent to an activating group) is 1. The minimum Gasteiger partial charge on any atom is -0.479 e. The zero-order valence-electron chi connectivity index (χ0n) is 17.6. The lowest BCUT2D eigenvalue weighted by Gasteiger charge is -2.33. The largest absolute Gasteiger partial charge is 0.479 e. The quantitative estimate of drug-likeness (QED) is 0.627. The van der Waals surface area contributed by atoms with Gasteiger partial charge in [0, 0.05) is 38.0 Å². The number of ketones is 1. The number of carbonyl (C=O) groups excluding carboxylic acids is 3. The van der Waals surface area contributed by atoms with Crippen molar-refractivity contribution in [3.63, 3.8) is 0 Å². The summed E-state index contributed by atoms with van der Waals surface area (Å²) in [5, 5.41) is 0. The molecule has 7 nitrogen and oxygen atoms in total. The van der Waals surface area contributed by atoms with Gasteiger partial charge in [0.15, 0.2) is 11.9 Å². The van der Waals surface area contributed by atoms with Gasteiger partial charge >= 0.3 is 0 Å². The minimum absolute atomic E-state index is 0.00659. The van der Waals surface area contributed by atoms with Gasteiger partial charge in [-0.1, -0.05) is 6.92 Å². The lowest BCUT2D eigenvalue weighted by Crippen LogP contribution is -2.49. The highest BCUT2D eigenvalue weighted by Crippen LogP contribution is 2.35. The second-order valence-electron chi connectivity index (χ2n) is 7.46. The number of ether oxygens (including phenoxy) is 1. The van der Waals surface area contributed by atoms with Gasteiger partial charge in [-0.15, -0.1) is 0 Å². The van der Waals surface area contributed by atoms with Gasteiger partial charge in [0.25, 0.3) is 5.91 Å². The summed E-state index contributed by atoms with van der Waals surface area (Å²) < 4.78 is 5.68. The van der Waals surface area contributed by atoms with E-state index in [1.54, 1.807) is 49.5 Å². The molecule has 0 saturated carbocycles. The van der Waals surface area contributed by atoms with Crippen molar-refractivity contribution in [2.24, 2.45) is 0 Å². The Morgan fingerprint density at radius 2 is 1.93 bits per heavy atom. The van der Waals surface area contributed by atoms with E-state index in [0.29, 0.717) is 36.4 Å². The van der Waals surface area contributed by atoms with Crippen LogP contribution in [0.5, 0.6) is 5.75 Å². The summed E-state index contributed by atoms with van der Waals surface area (Å²) in [6.45, 7) is 4.03. The van der Waals surface area contributed by atoms with E-state index in [2.05, 4.69) is 4.98 Å². The fourth-order valence-corrected chi connectivity index (χ4v) is 3.34. The molecule has 7 heteroatoms. The van der Waals surface area contributed by atoms with Crippen LogP contribution in [0.15, 0.2) is 42.7 Å². The average Bonchev–Trinajstić information content (AvgIpc) is 2.75. The third-order valence-corrected chi connectivity index (χ3v) is 5.17. The molecule has 0 N–H and O–H groups in total. The van der Waals surface area contributed by atoms with Gasteiger partial charge in [0.1, 0.15) is 12.3 Å². The van der Waals surface area contributed by atoms with Crippen LogP contribution in [0.3, 0.4) is 0 Å². The molecule has 3 rings (SSSR count). The summed E-state index contributed by atoms with van der Waals surface area (Å²) in [5.74, 6) is 0.0377. The molecule has 1 aliphatic heterocycles. The molecule has 158 valence electrons. The van der Waals surface area contributed by atoms with E-state index in [-0.39, 0.29) is 24.1 Å². The van der Waals surface area contributed by atoms with E-state index in [0.717, 1.165) is 12.0 Å². The molecule has 1 atom stereocenters. The Labute approximate surface area is 176 Å². The van der Waals surface area contributed by atoms with E-state index >= 15 is 0 Å². The number of aromatic nitrogens is 1. The number of nitrogens with zero attached hydrogens (tertiary/aromatic N) is 3. The molecular formula is C23H27N3O4. The number of Topliss-reactive ketones (excluding diaryl/α,β-unsaturated/α-hetero) is 1. The maximum absolute atomic E-state index is 12.8. The van der Waals surface area contributed by atoms with Crippen molar-refractivity contribution >= 4 is 23.3 Å². The minimum atomic E-state index is -0.690. The van der Waals surface area contributed by atoms with Gasteiger partial charge in [-0.3, -0.25) is 24.3 Å². The summed E-state index contributed by atoms with van der Waals surface area (Å²) in [7, 11) is 1.72. The lowest BCUT2D eigenvalue weighted by atomic mass is 10.0. The summed E-state index contributed by atoms with van der Waals surface area (Å²) in [5.41, 5.74) is 2.08. The molecule has 2 aromatic rings. The highest BCUT2D eigenvalue weighted by Gasteiger charge is 2.33. The van der Waals surface area contributed by atoms with Crippen molar-refractivity contribution in [2.75, 3.05) is 25.0 Å². The molecule has 0 radical (unpaired) electrons. The molecule has 2 heterocycles. The van der Waals surface area contributed by atoms with Crippen LogP contribution in [0.1, 0.15) is 42.6 Å². The lowest BCUT2D eigenvalue weighted by molar-refractivity contribution is -0.132. The third kappa shape index (κ3) is 4.84.